The topological polar surface area (TPSA) is 72.6 Å². The van der Waals surface area contributed by atoms with E-state index in [2.05, 4.69) is 5.38 Å². The van der Waals surface area contributed by atoms with Gasteiger partial charge in [0.15, 0.2) is 0 Å². The zero-order chi connectivity index (χ0) is 14.5. The molecule has 0 aliphatic heterocycles. The Kier molecular flexibility index (Phi) is 4.70. The molecule has 0 saturated carbocycles. The Hall–Kier alpha value is -1.92. The number of rotatable bonds is 6. The van der Waals surface area contributed by atoms with E-state index in [1.165, 1.54) is 23.8 Å². The summed E-state index contributed by atoms with van der Waals surface area (Å²) in [6, 6.07) is 6.30. The van der Waals surface area contributed by atoms with Gasteiger partial charge in [0.2, 0.25) is 0 Å². The van der Waals surface area contributed by atoms with Crippen LogP contribution < -0.4 is 4.74 Å². The summed E-state index contributed by atoms with van der Waals surface area (Å²) in [6.07, 6.45) is -0.0502. The summed E-state index contributed by atoms with van der Waals surface area (Å²) in [5.41, 5.74) is 1.58. The highest BCUT2D eigenvalue weighted by atomic mass is 32.1. The Morgan fingerprint density at radius 1 is 1.45 bits per heavy atom. The van der Waals surface area contributed by atoms with Gasteiger partial charge in [-0.15, -0.1) is 0 Å². The van der Waals surface area contributed by atoms with Crippen molar-refractivity contribution in [2.75, 3.05) is 6.61 Å². The van der Waals surface area contributed by atoms with Crippen LogP contribution in [0.5, 0.6) is 5.75 Å². The summed E-state index contributed by atoms with van der Waals surface area (Å²) in [5, 5.41) is 24.5. The standard InChI is InChI=1S/C14H15NO4S/c1-10(16)13-8-12(15(17)18)2-3-14(13)19-6-4-11-5-7-20-9-11/h2-3,5,7-10,16H,4,6H2,1H3. The minimum absolute atomic E-state index is 0.0499. The Morgan fingerprint density at radius 3 is 2.85 bits per heavy atom. The highest BCUT2D eigenvalue weighted by Crippen LogP contribution is 2.29. The third kappa shape index (κ3) is 3.55. The molecule has 2 rings (SSSR count). The molecule has 0 radical (unpaired) electrons. The molecular weight excluding hydrogens is 278 g/mol. The third-order valence-corrected chi connectivity index (χ3v) is 3.61. The van der Waals surface area contributed by atoms with Crippen LogP contribution in [0.3, 0.4) is 0 Å². The molecule has 1 heterocycles. The first-order valence-corrected chi connectivity index (χ1v) is 7.12. The van der Waals surface area contributed by atoms with Gasteiger partial charge in [0, 0.05) is 24.1 Å². The molecule has 1 N–H and O–H groups in total. The zero-order valence-electron chi connectivity index (χ0n) is 11.0. The van der Waals surface area contributed by atoms with E-state index in [1.807, 2.05) is 11.4 Å². The van der Waals surface area contributed by atoms with Gasteiger partial charge in [0.05, 0.1) is 17.6 Å². The van der Waals surface area contributed by atoms with Crippen LogP contribution in [0.1, 0.15) is 24.2 Å². The molecule has 1 aromatic carbocycles. The van der Waals surface area contributed by atoms with Crippen molar-refractivity contribution in [1.29, 1.82) is 0 Å². The van der Waals surface area contributed by atoms with E-state index >= 15 is 0 Å². The van der Waals surface area contributed by atoms with Crippen LogP contribution in [0.2, 0.25) is 0 Å². The van der Waals surface area contributed by atoms with Crippen molar-refractivity contribution in [3.63, 3.8) is 0 Å². The molecule has 1 unspecified atom stereocenters. The van der Waals surface area contributed by atoms with Gasteiger partial charge in [-0.05, 0) is 35.4 Å². The lowest BCUT2D eigenvalue weighted by Gasteiger charge is -2.13. The number of thiophene rings is 1. The zero-order valence-corrected chi connectivity index (χ0v) is 11.8. The number of hydrogen-bond acceptors (Lipinski definition) is 5. The largest absolute Gasteiger partial charge is 0.493 e. The molecule has 0 fully saturated rings. The van der Waals surface area contributed by atoms with E-state index in [0.717, 1.165) is 6.42 Å². The normalized spacial score (nSPS) is 12.1. The number of nitro groups is 1. The fourth-order valence-electron chi connectivity index (χ4n) is 1.82. The van der Waals surface area contributed by atoms with Gasteiger partial charge in [0.1, 0.15) is 5.75 Å². The second kappa shape index (κ2) is 6.49. The van der Waals surface area contributed by atoms with Crippen molar-refractivity contribution in [2.45, 2.75) is 19.4 Å². The maximum absolute atomic E-state index is 10.7. The highest BCUT2D eigenvalue weighted by Gasteiger charge is 2.15. The number of aliphatic hydroxyl groups excluding tert-OH is 1. The molecule has 106 valence electrons. The van der Waals surface area contributed by atoms with Crippen molar-refractivity contribution in [3.8, 4) is 5.75 Å². The molecule has 0 spiro atoms. The monoisotopic (exact) mass is 293 g/mol. The fourth-order valence-corrected chi connectivity index (χ4v) is 2.52. The van der Waals surface area contributed by atoms with Gasteiger partial charge in [-0.1, -0.05) is 0 Å². The van der Waals surface area contributed by atoms with E-state index in [4.69, 9.17) is 4.74 Å². The van der Waals surface area contributed by atoms with Crippen molar-refractivity contribution in [3.05, 3.63) is 56.3 Å². The van der Waals surface area contributed by atoms with Gasteiger partial charge in [-0.2, -0.15) is 11.3 Å². The van der Waals surface area contributed by atoms with Crippen LogP contribution in [0, 0.1) is 10.1 Å². The average molecular weight is 293 g/mol. The summed E-state index contributed by atoms with van der Waals surface area (Å²) in [6.45, 7) is 2.03. The van der Waals surface area contributed by atoms with Gasteiger partial charge in [-0.25, -0.2) is 0 Å². The maximum atomic E-state index is 10.7. The molecular formula is C14H15NO4S. The predicted molar refractivity (Wildman–Crippen MR) is 77.2 cm³/mol. The lowest BCUT2D eigenvalue weighted by molar-refractivity contribution is -0.385. The number of nitrogens with zero attached hydrogens (tertiary/aromatic N) is 1. The fraction of sp³-hybridized carbons (Fsp3) is 0.286. The SMILES string of the molecule is CC(O)c1cc([N+](=O)[O-])ccc1OCCc1ccsc1. The van der Waals surface area contributed by atoms with E-state index < -0.39 is 11.0 Å². The Bertz CT molecular complexity index is 581. The van der Waals surface area contributed by atoms with E-state index in [1.54, 1.807) is 18.3 Å². The molecule has 2 aromatic rings. The van der Waals surface area contributed by atoms with Gasteiger partial charge in [-0.3, -0.25) is 10.1 Å². The number of benzene rings is 1. The smallest absolute Gasteiger partial charge is 0.270 e. The number of aliphatic hydroxyl groups is 1. The maximum Gasteiger partial charge on any atom is 0.270 e. The minimum Gasteiger partial charge on any atom is -0.493 e. The Morgan fingerprint density at radius 2 is 2.25 bits per heavy atom. The van der Waals surface area contributed by atoms with Gasteiger partial charge >= 0.3 is 0 Å². The van der Waals surface area contributed by atoms with Crippen molar-refractivity contribution < 1.29 is 14.8 Å². The average Bonchev–Trinajstić information content (AvgIpc) is 2.91. The number of nitro benzene ring substituents is 1. The molecule has 6 heteroatoms. The van der Waals surface area contributed by atoms with Crippen LogP contribution in [-0.4, -0.2) is 16.6 Å². The van der Waals surface area contributed by atoms with Gasteiger partial charge in [0.25, 0.3) is 5.69 Å². The van der Waals surface area contributed by atoms with E-state index in [-0.39, 0.29) is 5.69 Å². The first-order chi connectivity index (χ1) is 9.58. The van der Waals surface area contributed by atoms with E-state index in [0.29, 0.717) is 17.9 Å². The Balaban J connectivity index is 2.08. The predicted octanol–water partition coefficient (Wildman–Crippen LogP) is 3.33. The van der Waals surface area contributed by atoms with Crippen LogP contribution in [-0.2, 0) is 6.42 Å². The van der Waals surface area contributed by atoms with Crippen LogP contribution in [0.15, 0.2) is 35.0 Å². The summed E-state index contributed by atoms with van der Waals surface area (Å²) in [5.74, 6) is 0.487. The number of hydrogen-bond donors (Lipinski definition) is 1. The molecule has 20 heavy (non-hydrogen) atoms. The van der Waals surface area contributed by atoms with Crippen molar-refractivity contribution in [2.24, 2.45) is 0 Å². The second-order valence-corrected chi connectivity index (χ2v) is 5.17. The van der Waals surface area contributed by atoms with Gasteiger partial charge < -0.3 is 9.84 Å². The third-order valence-electron chi connectivity index (χ3n) is 2.88. The molecule has 0 amide bonds. The molecule has 0 aliphatic carbocycles. The first-order valence-electron chi connectivity index (χ1n) is 6.18. The number of ether oxygens (including phenoxy) is 1. The summed E-state index contributed by atoms with van der Waals surface area (Å²) in [4.78, 5) is 10.3. The summed E-state index contributed by atoms with van der Waals surface area (Å²) in [7, 11) is 0. The molecule has 1 aromatic heterocycles. The molecule has 0 aliphatic rings. The molecule has 5 nitrogen and oxygen atoms in total. The van der Waals surface area contributed by atoms with Crippen molar-refractivity contribution >= 4 is 17.0 Å². The molecule has 0 bridgehead atoms. The lowest BCUT2D eigenvalue weighted by Crippen LogP contribution is -2.05. The molecule has 0 saturated heterocycles. The quantitative estimate of drug-likeness (QED) is 0.655. The summed E-state index contributed by atoms with van der Waals surface area (Å²) < 4.78 is 5.63. The highest BCUT2D eigenvalue weighted by molar-refractivity contribution is 7.07. The Labute approximate surface area is 120 Å². The molecule has 1 atom stereocenters. The van der Waals surface area contributed by atoms with Crippen LogP contribution in [0.25, 0.3) is 0 Å². The first kappa shape index (κ1) is 14.5. The van der Waals surface area contributed by atoms with Crippen molar-refractivity contribution in [1.82, 2.24) is 0 Å². The van der Waals surface area contributed by atoms with E-state index in [9.17, 15) is 15.2 Å². The second-order valence-electron chi connectivity index (χ2n) is 4.39. The lowest BCUT2D eigenvalue weighted by atomic mass is 10.1. The minimum atomic E-state index is -0.814. The number of non-ortho nitro benzene ring substituents is 1. The van der Waals surface area contributed by atoms with Crippen LogP contribution in [0.4, 0.5) is 5.69 Å². The summed E-state index contributed by atoms with van der Waals surface area (Å²) >= 11 is 1.63. The van der Waals surface area contributed by atoms with Crippen LogP contribution >= 0.6 is 11.3 Å².